The van der Waals surface area contributed by atoms with Crippen LogP contribution in [0.3, 0.4) is 0 Å². The summed E-state index contributed by atoms with van der Waals surface area (Å²) in [5, 5.41) is 27.6. The van der Waals surface area contributed by atoms with E-state index in [4.69, 9.17) is 24.5 Å². The van der Waals surface area contributed by atoms with Gasteiger partial charge in [-0.25, -0.2) is 9.59 Å². The molecule has 140 valence electrons. The van der Waals surface area contributed by atoms with Crippen LogP contribution in [-0.4, -0.2) is 58.2 Å². The second kappa shape index (κ2) is 11.9. The van der Waals surface area contributed by atoms with Crippen molar-refractivity contribution in [2.45, 2.75) is 5.37 Å². The van der Waals surface area contributed by atoms with Crippen molar-refractivity contribution in [2.24, 2.45) is 0 Å². The number of aliphatic carboxylic acids is 2. The predicted octanol–water partition coefficient (Wildman–Crippen LogP) is -0.0604. The number of thioether (sulfide) groups is 1. The van der Waals surface area contributed by atoms with Crippen molar-refractivity contribution in [2.75, 3.05) is 25.5 Å². The van der Waals surface area contributed by atoms with Gasteiger partial charge in [-0.3, -0.25) is 0 Å². The summed E-state index contributed by atoms with van der Waals surface area (Å²) in [5.74, 6) is -1.83. The van der Waals surface area contributed by atoms with E-state index in [9.17, 15) is 10.1 Å². The third-order valence-corrected chi connectivity index (χ3v) is 3.83. The molecule has 1 aliphatic heterocycles. The minimum atomic E-state index is -1.82. The number of ether oxygens (including phenoxy) is 1. The van der Waals surface area contributed by atoms with Crippen molar-refractivity contribution in [3.63, 3.8) is 0 Å². The monoisotopic (exact) mass is 378 g/mol. The average Bonchev–Trinajstić information content (AvgIpc) is 3.06. The van der Waals surface area contributed by atoms with Crippen LogP contribution in [-0.2, 0) is 14.4 Å². The van der Waals surface area contributed by atoms with Gasteiger partial charge in [-0.1, -0.05) is 18.2 Å². The number of carboxylic acids is 2. The predicted molar refractivity (Wildman–Crippen MR) is 87.0 cm³/mol. The van der Waals surface area contributed by atoms with E-state index >= 15 is 0 Å². The van der Waals surface area contributed by atoms with Gasteiger partial charge in [0.25, 0.3) is 5.09 Å². The molecule has 5 N–H and O–H groups in total. The highest BCUT2D eigenvalue weighted by Crippen LogP contribution is 2.35. The molecule has 0 saturated carbocycles. The third kappa shape index (κ3) is 8.74. The van der Waals surface area contributed by atoms with Crippen LogP contribution >= 0.6 is 11.8 Å². The first kappa shape index (κ1) is 22.4. The Kier molecular flexibility index (Phi) is 10.7. The van der Waals surface area contributed by atoms with E-state index in [1.165, 1.54) is 0 Å². The summed E-state index contributed by atoms with van der Waals surface area (Å²) in [7, 11) is 0. The lowest BCUT2D eigenvalue weighted by Gasteiger charge is -2.15. The van der Waals surface area contributed by atoms with Gasteiger partial charge in [-0.2, -0.15) is 0 Å². The summed E-state index contributed by atoms with van der Waals surface area (Å²) in [6, 6.07) is 7.70. The largest absolute Gasteiger partial charge is 0.491 e. The smallest absolute Gasteiger partial charge is 0.414 e. The number of carboxylic acid groups (broad SMARTS) is 2. The van der Waals surface area contributed by atoms with Gasteiger partial charge in [0.15, 0.2) is 0 Å². The molecule has 1 unspecified atom stereocenters. The molecule has 1 aromatic rings. The van der Waals surface area contributed by atoms with Crippen LogP contribution in [0, 0.1) is 10.1 Å². The van der Waals surface area contributed by atoms with Gasteiger partial charge in [-0.15, -0.1) is 21.9 Å². The first-order valence-corrected chi connectivity index (χ1v) is 7.77. The molecule has 25 heavy (non-hydrogen) atoms. The first-order chi connectivity index (χ1) is 11.4. The fourth-order valence-corrected chi connectivity index (χ4v) is 2.80. The fraction of sp³-hybridized carbons (Fsp3) is 0.385. The molecule has 1 heterocycles. The molecule has 1 fully saturated rings. The van der Waals surface area contributed by atoms with Gasteiger partial charge in [0.05, 0.1) is 5.37 Å². The van der Waals surface area contributed by atoms with Crippen molar-refractivity contribution in [1.82, 2.24) is 5.32 Å². The molecule has 0 aliphatic carbocycles. The van der Waals surface area contributed by atoms with E-state index in [2.05, 4.69) is 10.2 Å². The topological polar surface area (TPSA) is 180 Å². The lowest BCUT2D eigenvalue weighted by Crippen LogP contribution is -2.15. The Bertz CT molecular complexity index is 566. The highest BCUT2D eigenvalue weighted by Gasteiger charge is 2.20. The Morgan fingerprint density at radius 2 is 1.92 bits per heavy atom. The normalized spacial score (nSPS) is 15.1. The zero-order chi connectivity index (χ0) is 17.9. The number of hydrogen-bond acceptors (Lipinski definition) is 8. The molecule has 1 atom stereocenters. The molecule has 0 amide bonds. The van der Waals surface area contributed by atoms with Crippen LogP contribution in [0.1, 0.15) is 10.9 Å². The highest BCUT2D eigenvalue weighted by atomic mass is 32.2. The molecule has 1 aromatic carbocycles. The van der Waals surface area contributed by atoms with Crippen LogP contribution in [0.5, 0.6) is 5.75 Å². The van der Waals surface area contributed by atoms with Crippen molar-refractivity contribution in [1.29, 1.82) is 0 Å². The summed E-state index contributed by atoms with van der Waals surface area (Å²) in [5.41, 5.74) is 1.07. The van der Waals surface area contributed by atoms with Crippen LogP contribution in [0.2, 0.25) is 0 Å². The van der Waals surface area contributed by atoms with Crippen LogP contribution in [0.15, 0.2) is 24.3 Å². The zero-order valence-corrected chi connectivity index (χ0v) is 13.7. The molecule has 0 bridgehead atoms. The second-order valence-corrected chi connectivity index (χ2v) is 5.47. The Morgan fingerprint density at radius 1 is 1.28 bits per heavy atom. The Hall–Kier alpha value is -2.57. The number of para-hydroxylation sites is 1. The third-order valence-electron chi connectivity index (χ3n) is 2.64. The van der Waals surface area contributed by atoms with Crippen molar-refractivity contribution < 1.29 is 39.9 Å². The molecule has 0 spiro atoms. The average molecular weight is 378 g/mol. The summed E-state index contributed by atoms with van der Waals surface area (Å²) in [6.07, 6.45) is 0. The Labute approximate surface area is 146 Å². The lowest BCUT2D eigenvalue weighted by atomic mass is 10.2. The number of nitrogens with zero attached hydrogens (tertiary/aromatic N) is 1. The fourth-order valence-electron chi connectivity index (χ4n) is 1.72. The summed E-state index contributed by atoms with van der Waals surface area (Å²) < 4.78 is 5.52. The van der Waals surface area contributed by atoms with Gasteiger partial charge >= 0.3 is 11.9 Å². The second-order valence-electron chi connectivity index (χ2n) is 4.26. The number of benzene rings is 1. The van der Waals surface area contributed by atoms with E-state index in [1.54, 1.807) is 0 Å². The highest BCUT2D eigenvalue weighted by molar-refractivity contribution is 7.99. The van der Waals surface area contributed by atoms with Gasteiger partial charge in [0.2, 0.25) is 0 Å². The Morgan fingerprint density at radius 3 is 2.44 bits per heavy atom. The molecular formula is C13H18N2O9S. The van der Waals surface area contributed by atoms with Crippen LogP contribution in [0.25, 0.3) is 0 Å². The molecular weight excluding hydrogens is 360 g/mol. The SMILES string of the molecule is O.O=C(O)C(=O)O.O=[N+]([O-])OCCOc1ccccc1C1NCCS1. The van der Waals surface area contributed by atoms with Gasteiger partial charge in [0, 0.05) is 17.9 Å². The summed E-state index contributed by atoms with van der Waals surface area (Å²) in [4.78, 5) is 32.4. The van der Waals surface area contributed by atoms with Crippen LogP contribution in [0.4, 0.5) is 0 Å². The Balaban J connectivity index is 0.000000715. The molecule has 1 aliphatic rings. The van der Waals surface area contributed by atoms with Crippen molar-refractivity contribution in [3.05, 3.63) is 39.9 Å². The first-order valence-electron chi connectivity index (χ1n) is 6.72. The minimum Gasteiger partial charge on any atom is -0.491 e. The molecule has 0 aromatic heterocycles. The molecule has 11 nitrogen and oxygen atoms in total. The van der Waals surface area contributed by atoms with Gasteiger partial charge in [0.1, 0.15) is 19.0 Å². The van der Waals surface area contributed by atoms with Crippen LogP contribution < -0.4 is 10.1 Å². The number of nitrogens with one attached hydrogen (secondary N) is 1. The van der Waals surface area contributed by atoms with E-state index in [0.717, 1.165) is 23.6 Å². The maximum atomic E-state index is 10.0. The maximum Gasteiger partial charge on any atom is 0.414 e. The molecule has 0 radical (unpaired) electrons. The standard InChI is InChI=1S/C11H14N2O4S.C2H2O4.H2O/c14-13(15)17-7-6-16-10-4-2-1-3-9(10)11-12-5-8-18-11;3-1(4)2(5)6;/h1-4,11-12H,5-8H2;(H,3,4)(H,5,6);1H2. The van der Waals surface area contributed by atoms with Crippen molar-refractivity contribution in [3.8, 4) is 5.75 Å². The lowest BCUT2D eigenvalue weighted by molar-refractivity contribution is -0.757. The summed E-state index contributed by atoms with van der Waals surface area (Å²) in [6.45, 7) is 1.08. The van der Waals surface area contributed by atoms with Gasteiger partial charge in [-0.05, 0) is 6.07 Å². The number of carbonyl (C=O) groups is 2. The molecule has 2 rings (SSSR count). The number of rotatable bonds is 6. The van der Waals surface area contributed by atoms with E-state index in [-0.39, 0.29) is 24.1 Å². The quantitative estimate of drug-likeness (QED) is 0.262. The van der Waals surface area contributed by atoms with E-state index in [1.807, 2.05) is 36.0 Å². The molecule has 12 heteroatoms. The minimum absolute atomic E-state index is 0. The maximum absolute atomic E-state index is 10.0. The van der Waals surface area contributed by atoms with E-state index < -0.39 is 17.0 Å². The van der Waals surface area contributed by atoms with E-state index in [0.29, 0.717) is 0 Å². The van der Waals surface area contributed by atoms with Gasteiger partial charge < -0.3 is 30.6 Å². The molecule has 1 saturated heterocycles. The summed E-state index contributed by atoms with van der Waals surface area (Å²) >= 11 is 1.82. The zero-order valence-electron chi connectivity index (χ0n) is 12.9. The number of hydrogen-bond donors (Lipinski definition) is 3. The van der Waals surface area contributed by atoms with Crippen molar-refractivity contribution >= 4 is 23.7 Å².